The highest BCUT2D eigenvalue weighted by atomic mass is 16.2. The fourth-order valence-corrected chi connectivity index (χ4v) is 3.59. The first-order valence-electron chi connectivity index (χ1n) is 9.20. The second-order valence-electron chi connectivity index (χ2n) is 6.94. The molecule has 138 valence electrons. The lowest BCUT2D eigenvalue weighted by molar-refractivity contribution is -0.132. The van der Waals surface area contributed by atoms with Gasteiger partial charge in [0.25, 0.3) is 0 Å². The van der Waals surface area contributed by atoms with Crippen LogP contribution in [0.15, 0.2) is 29.1 Å². The van der Waals surface area contributed by atoms with E-state index in [4.69, 9.17) is 0 Å². The van der Waals surface area contributed by atoms with Crippen LogP contribution in [0.3, 0.4) is 0 Å². The number of carbonyl (C=O) groups is 2. The van der Waals surface area contributed by atoms with Gasteiger partial charge in [0.15, 0.2) is 0 Å². The number of fused-ring (bicyclic) bond motifs is 1. The number of rotatable bonds is 4. The van der Waals surface area contributed by atoms with Crippen LogP contribution >= 0.6 is 0 Å². The van der Waals surface area contributed by atoms with Crippen LogP contribution in [-0.4, -0.2) is 34.8 Å². The molecule has 2 heterocycles. The van der Waals surface area contributed by atoms with E-state index in [1.165, 1.54) is 0 Å². The number of nitrogens with zero attached hydrogens (tertiary/aromatic N) is 1. The smallest absolute Gasteiger partial charge is 0.248 e. The Balaban J connectivity index is 1.74. The van der Waals surface area contributed by atoms with E-state index >= 15 is 0 Å². The van der Waals surface area contributed by atoms with Crippen molar-refractivity contribution in [2.75, 3.05) is 18.4 Å². The molecule has 2 amide bonds. The standard InChI is InChI=1S/C20H25N3O3/c1-3-4-15-11-19(25)22-18-12-16(5-6-17(15)18)21-20(26)14-7-9-23(10-8-14)13(2)24/h5-6,11-12,14H,3-4,7-10H2,1-2H3,(H,21,26)(H,22,25). The van der Waals surface area contributed by atoms with Gasteiger partial charge in [-0.15, -0.1) is 0 Å². The Bertz CT molecular complexity index is 879. The molecule has 0 bridgehead atoms. The number of hydrogen-bond acceptors (Lipinski definition) is 3. The lowest BCUT2D eigenvalue weighted by Crippen LogP contribution is -2.40. The Kier molecular flexibility index (Phi) is 5.40. The first-order chi connectivity index (χ1) is 12.5. The van der Waals surface area contributed by atoms with Gasteiger partial charge in [-0.2, -0.15) is 0 Å². The minimum atomic E-state index is -0.124. The molecule has 6 nitrogen and oxygen atoms in total. The first kappa shape index (κ1) is 18.2. The Morgan fingerprint density at radius 2 is 1.96 bits per heavy atom. The number of pyridine rings is 1. The summed E-state index contributed by atoms with van der Waals surface area (Å²) >= 11 is 0. The van der Waals surface area contributed by atoms with E-state index in [1.54, 1.807) is 17.9 Å². The Morgan fingerprint density at radius 3 is 2.62 bits per heavy atom. The average Bonchev–Trinajstić information content (AvgIpc) is 2.61. The lowest BCUT2D eigenvalue weighted by atomic mass is 9.95. The highest BCUT2D eigenvalue weighted by Gasteiger charge is 2.26. The normalized spacial score (nSPS) is 15.2. The summed E-state index contributed by atoms with van der Waals surface area (Å²) in [6.07, 6.45) is 3.17. The maximum Gasteiger partial charge on any atom is 0.248 e. The van der Waals surface area contributed by atoms with Crippen molar-refractivity contribution in [1.29, 1.82) is 0 Å². The second kappa shape index (κ2) is 7.72. The van der Waals surface area contributed by atoms with Crippen molar-refractivity contribution < 1.29 is 9.59 Å². The van der Waals surface area contributed by atoms with Crippen molar-refractivity contribution in [3.05, 3.63) is 40.2 Å². The van der Waals surface area contributed by atoms with Crippen LogP contribution in [0.25, 0.3) is 10.9 Å². The number of carbonyl (C=O) groups excluding carboxylic acids is 2. The third-order valence-corrected chi connectivity index (χ3v) is 5.03. The van der Waals surface area contributed by atoms with Crippen LogP contribution in [-0.2, 0) is 16.0 Å². The van der Waals surface area contributed by atoms with Gasteiger partial charge in [0.2, 0.25) is 17.4 Å². The summed E-state index contributed by atoms with van der Waals surface area (Å²) in [5.74, 6) is -0.0587. The van der Waals surface area contributed by atoms with Crippen molar-refractivity contribution in [2.24, 2.45) is 5.92 Å². The number of aromatic nitrogens is 1. The summed E-state index contributed by atoms with van der Waals surface area (Å²) in [6.45, 7) is 4.89. The summed E-state index contributed by atoms with van der Waals surface area (Å²) in [6, 6.07) is 7.29. The fraction of sp³-hybridized carbons (Fsp3) is 0.450. The number of likely N-dealkylation sites (tertiary alicyclic amines) is 1. The molecule has 1 aliphatic rings. The van der Waals surface area contributed by atoms with Crippen LogP contribution in [0.1, 0.15) is 38.7 Å². The van der Waals surface area contributed by atoms with Gasteiger partial charge in [0, 0.05) is 43.1 Å². The molecule has 0 radical (unpaired) electrons. The molecule has 2 aromatic rings. The summed E-state index contributed by atoms with van der Waals surface area (Å²) in [7, 11) is 0. The fourth-order valence-electron chi connectivity index (χ4n) is 3.59. The quantitative estimate of drug-likeness (QED) is 0.885. The summed E-state index contributed by atoms with van der Waals surface area (Å²) in [5, 5.41) is 3.97. The van der Waals surface area contributed by atoms with Crippen LogP contribution < -0.4 is 10.9 Å². The van der Waals surface area contributed by atoms with E-state index in [1.807, 2.05) is 18.2 Å². The third-order valence-electron chi connectivity index (χ3n) is 5.03. The molecule has 2 N–H and O–H groups in total. The van der Waals surface area contributed by atoms with Crippen molar-refractivity contribution in [2.45, 2.75) is 39.5 Å². The predicted octanol–water partition coefficient (Wildman–Crippen LogP) is 2.68. The largest absolute Gasteiger partial charge is 0.343 e. The third kappa shape index (κ3) is 3.95. The highest BCUT2D eigenvalue weighted by Crippen LogP contribution is 2.23. The molecule has 1 saturated heterocycles. The van der Waals surface area contributed by atoms with E-state index in [9.17, 15) is 14.4 Å². The highest BCUT2D eigenvalue weighted by molar-refractivity contribution is 5.95. The molecule has 0 unspecified atom stereocenters. The van der Waals surface area contributed by atoms with Crippen molar-refractivity contribution in [1.82, 2.24) is 9.88 Å². The van der Waals surface area contributed by atoms with Crippen LogP contribution in [0.5, 0.6) is 0 Å². The van der Waals surface area contributed by atoms with Crippen LogP contribution in [0.4, 0.5) is 5.69 Å². The molecule has 0 aliphatic carbocycles. The molecule has 0 saturated carbocycles. The molecule has 0 atom stereocenters. The van der Waals surface area contributed by atoms with E-state index in [0.717, 1.165) is 29.3 Å². The van der Waals surface area contributed by atoms with Gasteiger partial charge >= 0.3 is 0 Å². The summed E-state index contributed by atoms with van der Waals surface area (Å²) in [4.78, 5) is 40.4. The maximum absolute atomic E-state index is 12.5. The molecular formula is C20H25N3O3. The number of nitrogens with one attached hydrogen (secondary N) is 2. The Labute approximate surface area is 152 Å². The molecular weight excluding hydrogens is 330 g/mol. The molecule has 1 aliphatic heterocycles. The number of aromatic amines is 1. The van der Waals surface area contributed by atoms with Crippen molar-refractivity contribution in [3.8, 4) is 0 Å². The van der Waals surface area contributed by atoms with Crippen LogP contribution in [0, 0.1) is 5.92 Å². The van der Waals surface area contributed by atoms with E-state index < -0.39 is 0 Å². The number of anilines is 1. The molecule has 0 spiro atoms. The van der Waals surface area contributed by atoms with Gasteiger partial charge in [-0.3, -0.25) is 14.4 Å². The number of hydrogen-bond donors (Lipinski definition) is 2. The zero-order chi connectivity index (χ0) is 18.7. The zero-order valence-electron chi connectivity index (χ0n) is 15.3. The van der Waals surface area contributed by atoms with Crippen molar-refractivity contribution >= 4 is 28.4 Å². The minimum Gasteiger partial charge on any atom is -0.343 e. The zero-order valence-corrected chi connectivity index (χ0v) is 15.3. The first-order valence-corrected chi connectivity index (χ1v) is 9.20. The number of amides is 2. The van der Waals surface area contributed by atoms with Gasteiger partial charge in [-0.25, -0.2) is 0 Å². The monoisotopic (exact) mass is 355 g/mol. The van der Waals surface area contributed by atoms with E-state index in [2.05, 4.69) is 17.2 Å². The summed E-state index contributed by atoms with van der Waals surface area (Å²) < 4.78 is 0. The van der Waals surface area contributed by atoms with Gasteiger partial charge in [-0.1, -0.05) is 19.4 Å². The number of benzene rings is 1. The van der Waals surface area contributed by atoms with Gasteiger partial charge < -0.3 is 15.2 Å². The maximum atomic E-state index is 12.5. The lowest BCUT2D eigenvalue weighted by Gasteiger charge is -2.30. The van der Waals surface area contributed by atoms with E-state index in [-0.39, 0.29) is 23.3 Å². The molecule has 1 aromatic heterocycles. The molecule has 1 fully saturated rings. The molecule has 1 aromatic carbocycles. The summed E-state index contributed by atoms with van der Waals surface area (Å²) in [5.41, 5.74) is 2.33. The van der Waals surface area contributed by atoms with Gasteiger partial charge in [-0.05, 0) is 37.0 Å². The number of piperidine rings is 1. The second-order valence-corrected chi connectivity index (χ2v) is 6.94. The van der Waals surface area contributed by atoms with Gasteiger partial charge in [0.1, 0.15) is 0 Å². The van der Waals surface area contributed by atoms with Gasteiger partial charge in [0.05, 0.1) is 5.52 Å². The average molecular weight is 355 g/mol. The topological polar surface area (TPSA) is 82.3 Å². The molecule has 6 heteroatoms. The Hall–Kier alpha value is -2.63. The number of H-pyrrole nitrogens is 1. The molecule has 26 heavy (non-hydrogen) atoms. The number of aryl methyl sites for hydroxylation is 1. The SMILES string of the molecule is CCCc1cc(=O)[nH]c2cc(NC(=O)C3CCN(C(C)=O)CC3)ccc12. The molecule has 3 rings (SSSR count). The van der Waals surface area contributed by atoms with E-state index in [0.29, 0.717) is 31.6 Å². The van der Waals surface area contributed by atoms with Crippen LogP contribution in [0.2, 0.25) is 0 Å². The predicted molar refractivity (Wildman–Crippen MR) is 102 cm³/mol. The van der Waals surface area contributed by atoms with Crippen molar-refractivity contribution in [3.63, 3.8) is 0 Å². The Morgan fingerprint density at radius 1 is 1.23 bits per heavy atom. The minimum absolute atomic E-state index is 0.0281.